The molecule has 0 aliphatic carbocycles. The van der Waals surface area contributed by atoms with E-state index in [4.69, 9.17) is 10.6 Å². The van der Waals surface area contributed by atoms with E-state index in [0.717, 1.165) is 0 Å². The summed E-state index contributed by atoms with van der Waals surface area (Å²) in [6, 6.07) is 13.5. The minimum atomic E-state index is -0.465. The van der Waals surface area contributed by atoms with Crippen LogP contribution in [0, 0.1) is 0 Å². The number of anilines is 1. The Morgan fingerprint density at radius 2 is 1.76 bits per heavy atom. The number of carbonyl (C=O) groups is 2. The number of hydrogen-bond donors (Lipinski definition) is 3. The van der Waals surface area contributed by atoms with Crippen LogP contribution < -0.4 is 21.3 Å². The first-order valence-corrected chi connectivity index (χ1v) is 6.21. The molecule has 0 spiro atoms. The van der Waals surface area contributed by atoms with E-state index in [2.05, 4.69) is 5.32 Å². The Labute approximate surface area is 121 Å². The van der Waals surface area contributed by atoms with Gasteiger partial charge in [-0.05, 0) is 24.3 Å². The van der Waals surface area contributed by atoms with Crippen molar-refractivity contribution in [3.63, 3.8) is 0 Å². The predicted molar refractivity (Wildman–Crippen MR) is 79.0 cm³/mol. The van der Waals surface area contributed by atoms with Crippen molar-refractivity contribution in [2.24, 2.45) is 5.84 Å². The number of benzene rings is 2. The Kier molecular flexibility index (Phi) is 4.53. The number of carbonyl (C=O) groups excluding carboxylic acids is 2. The second-order valence-corrected chi connectivity index (χ2v) is 4.21. The molecule has 0 saturated heterocycles. The quantitative estimate of drug-likeness (QED) is 0.451. The van der Waals surface area contributed by atoms with Crippen LogP contribution in [-0.4, -0.2) is 18.9 Å². The highest BCUT2D eigenvalue weighted by molar-refractivity contribution is 6.05. The first-order chi connectivity index (χ1) is 10.2. The number of amides is 2. The van der Waals surface area contributed by atoms with Crippen LogP contribution in [0.1, 0.15) is 20.7 Å². The lowest BCUT2D eigenvalue weighted by Gasteiger charge is -2.10. The standard InChI is InChI=1S/C15H15N3O3/c1-21-13-9-11(7-8-12(13)15(20)18-16)17-14(19)10-5-3-2-4-6-10/h2-9H,16H2,1H3,(H,17,19)(H,18,20). The molecule has 6 heteroatoms. The second kappa shape index (κ2) is 6.53. The zero-order valence-electron chi connectivity index (χ0n) is 11.4. The Bertz CT molecular complexity index is 656. The number of nitrogen functional groups attached to an aromatic ring is 1. The average molecular weight is 285 g/mol. The fraction of sp³-hybridized carbons (Fsp3) is 0.0667. The van der Waals surface area contributed by atoms with Crippen LogP contribution in [0.3, 0.4) is 0 Å². The number of ether oxygens (including phenoxy) is 1. The van der Waals surface area contributed by atoms with Gasteiger partial charge in [-0.25, -0.2) is 5.84 Å². The molecule has 0 heterocycles. The van der Waals surface area contributed by atoms with Gasteiger partial charge in [-0.1, -0.05) is 18.2 Å². The van der Waals surface area contributed by atoms with E-state index in [1.54, 1.807) is 36.4 Å². The van der Waals surface area contributed by atoms with E-state index in [1.165, 1.54) is 13.2 Å². The molecule has 0 radical (unpaired) electrons. The summed E-state index contributed by atoms with van der Waals surface area (Å²) in [6.45, 7) is 0. The average Bonchev–Trinajstić information content (AvgIpc) is 2.54. The molecule has 0 fully saturated rings. The van der Waals surface area contributed by atoms with Crippen molar-refractivity contribution in [2.75, 3.05) is 12.4 Å². The van der Waals surface area contributed by atoms with Crippen molar-refractivity contribution in [1.82, 2.24) is 5.43 Å². The van der Waals surface area contributed by atoms with Gasteiger partial charge in [0.2, 0.25) is 0 Å². The normalized spacial score (nSPS) is 9.81. The van der Waals surface area contributed by atoms with E-state index in [0.29, 0.717) is 17.0 Å². The zero-order valence-corrected chi connectivity index (χ0v) is 11.4. The molecule has 2 rings (SSSR count). The highest BCUT2D eigenvalue weighted by Crippen LogP contribution is 2.23. The zero-order chi connectivity index (χ0) is 15.2. The van der Waals surface area contributed by atoms with E-state index >= 15 is 0 Å². The van der Waals surface area contributed by atoms with Gasteiger partial charge < -0.3 is 10.1 Å². The SMILES string of the molecule is COc1cc(NC(=O)c2ccccc2)ccc1C(=O)NN. The molecule has 0 aliphatic rings. The maximum absolute atomic E-state index is 12.0. The van der Waals surface area contributed by atoms with Gasteiger partial charge in [-0.15, -0.1) is 0 Å². The van der Waals surface area contributed by atoms with Gasteiger partial charge in [0.15, 0.2) is 0 Å². The second-order valence-electron chi connectivity index (χ2n) is 4.21. The topological polar surface area (TPSA) is 93.4 Å². The van der Waals surface area contributed by atoms with Crippen LogP contribution in [-0.2, 0) is 0 Å². The molecule has 4 N–H and O–H groups in total. The molecule has 0 aromatic heterocycles. The minimum absolute atomic E-state index is 0.242. The number of nitrogens with one attached hydrogen (secondary N) is 2. The summed E-state index contributed by atoms with van der Waals surface area (Å²) in [5, 5.41) is 2.74. The predicted octanol–water partition coefficient (Wildman–Crippen LogP) is 1.55. The lowest BCUT2D eigenvalue weighted by Crippen LogP contribution is -2.30. The van der Waals surface area contributed by atoms with Crippen molar-refractivity contribution in [2.45, 2.75) is 0 Å². The van der Waals surface area contributed by atoms with E-state index in [1.807, 2.05) is 11.5 Å². The molecule has 108 valence electrons. The third-order valence-corrected chi connectivity index (χ3v) is 2.87. The molecule has 6 nitrogen and oxygen atoms in total. The molecule has 21 heavy (non-hydrogen) atoms. The van der Waals surface area contributed by atoms with Crippen LogP contribution >= 0.6 is 0 Å². The molecule has 2 aromatic carbocycles. The highest BCUT2D eigenvalue weighted by atomic mass is 16.5. The molecule has 2 amide bonds. The molecular formula is C15H15N3O3. The van der Waals surface area contributed by atoms with Crippen molar-refractivity contribution >= 4 is 17.5 Å². The maximum atomic E-state index is 12.0. The summed E-state index contributed by atoms with van der Waals surface area (Å²) in [4.78, 5) is 23.6. The van der Waals surface area contributed by atoms with Gasteiger partial charge >= 0.3 is 0 Å². The van der Waals surface area contributed by atoms with Crippen LogP contribution in [0.2, 0.25) is 0 Å². The van der Waals surface area contributed by atoms with Crippen molar-refractivity contribution in [1.29, 1.82) is 0 Å². The number of hydrogen-bond acceptors (Lipinski definition) is 4. The Morgan fingerprint density at radius 3 is 2.38 bits per heavy atom. The fourth-order valence-electron chi connectivity index (χ4n) is 1.83. The number of hydrazine groups is 1. The van der Waals surface area contributed by atoms with Crippen molar-refractivity contribution < 1.29 is 14.3 Å². The summed E-state index contributed by atoms with van der Waals surface area (Å²) in [5.74, 6) is 4.71. The summed E-state index contributed by atoms with van der Waals surface area (Å²) in [5.41, 5.74) is 3.39. The highest BCUT2D eigenvalue weighted by Gasteiger charge is 2.13. The van der Waals surface area contributed by atoms with E-state index < -0.39 is 5.91 Å². The van der Waals surface area contributed by atoms with E-state index in [-0.39, 0.29) is 11.5 Å². The van der Waals surface area contributed by atoms with Gasteiger partial charge in [-0.3, -0.25) is 15.0 Å². The number of rotatable bonds is 4. The Hall–Kier alpha value is -2.86. The number of methoxy groups -OCH3 is 1. The lowest BCUT2D eigenvalue weighted by molar-refractivity contribution is 0.0950. The fourth-order valence-corrected chi connectivity index (χ4v) is 1.83. The van der Waals surface area contributed by atoms with Crippen LogP contribution in [0.5, 0.6) is 5.75 Å². The van der Waals surface area contributed by atoms with E-state index in [9.17, 15) is 9.59 Å². The first kappa shape index (κ1) is 14.5. The van der Waals surface area contributed by atoms with Crippen molar-refractivity contribution in [3.8, 4) is 5.75 Å². The molecule has 0 unspecified atom stereocenters. The summed E-state index contributed by atoms with van der Waals surface area (Å²) >= 11 is 0. The van der Waals surface area contributed by atoms with Gasteiger partial charge in [-0.2, -0.15) is 0 Å². The third-order valence-electron chi connectivity index (χ3n) is 2.87. The van der Waals surface area contributed by atoms with Gasteiger partial charge in [0.1, 0.15) is 5.75 Å². The Balaban J connectivity index is 2.22. The summed E-state index contributed by atoms with van der Waals surface area (Å²) in [7, 11) is 1.44. The molecule has 0 saturated carbocycles. The van der Waals surface area contributed by atoms with Crippen molar-refractivity contribution in [3.05, 3.63) is 59.7 Å². The largest absolute Gasteiger partial charge is 0.496 e. The van der Waals surface area contributed by atoms with Gasteiger partial charge in [0.05, 0.1) is 12.7 Å². The first-order valence-electron chi connectivity index (χ1n) is 6.21. The monoisotopic (exact) mass is 285 g/mol. The lowest BCUT2D eigenvalue weighted by atomic mass is 10.1. The third kappa shape index (κ3) is 3.37. The Morgan fingerprint density at radius 1 is 1.05 bits per heavy atom. The minimum Gasteiger partial charge on any atom is -0.496 e. The summed E-state index contributed by atoms with van der Waals surface area (Å²) < 4.78 is 5.13. The maximum Gasteiger partial charge on any atom is 0.268 e. The van der Waals surface area contributed by atoms with Gasteiger partial charge in [0, 0.05) is 17.3 Å². The number of nitrogens with two attached hydrogens (primary N) is 1. The van der Waals surface area contributed by atoms with Crippen LogP contribution in [0.15, 0.2) is 48.5 Å². The molecular weight excluding hydrogens is 270 g/mol. The van der Waals surface area contributed by atoms with Crippen LogP contribution in [0.25, 0.3) is 0 Å². The van der Waals surface area contributed by atoms with Gasteiger partial charge in [0.25, 0.3) is 11.8 Å². The molecule has 0 atom stereocenters. The summed E-state index contributed by atoms with van der Waals surface area (Å²) in [6.07, 6.45) is 0. The molecule has 2 aromatic rings. The molecule has 0 bridgehead atoms. The smallest absolute Gasteiger partial charge is 0.268 e. The van der Waals surface area contributed by atoms with Crippen LogP contribution in [0.4, 0.5) is 5.69 Å². The molecule has 0 aliphatic heterocycles.